The number of piperidine rings is 1. The lowest BCUT2D eigenvalue weighted by molar-refractivity contribution is -0.159. The summed E-state index contributed by atoms with van der Waals surface area (Å²) >= 11 is 0. The molecule has 0 bridgehead atoms. The summed E-state index contributed by atoms with van der Waals surface area (Å²) in [5.41, 5.74) is 0.613. The summed E-state index contributed by atoms with van der Waals surface area (Å²) in [4.78, 5) is 14.4. The number of para-hydroxylation sites is 1. The first-order chi connectivity index (χ1) is 13.4. The largest absolute Gasteiger partial charge is 0.490 e. The average Bonchev–Trinajstić information content (AvgIpc) is 3.02. The molecule has 152 valence electrons. The van der Waals surface area contributed by atoms with Crippen molar-refractivity contribution in [3.63, 3.8) is 0 Å². The lowest BCUT2D eigenvalue weighted by atomic mass is 9.47. The molecule has 1 heterocycles. The molecule has 0 aromatic heterocycles. The Hall–Kier alpha value is -1.51. The Labute approximate surface area is 169 Å². The summed E-state index contributed by atoms with van der Waals surface area (Å²) in [6.07, 6.45) is 9.75. The molecular weight excluding hydrogens is 346 g/mol. The maximum absolute atomic E-state index is 12.3. The van der Waals surface area contributed by atoms with E-state index in [-0.39, 0.29) is 0 Å². The van der Waals surface area contributed by atoms with Crippen LogP contribution in [0.2, 0.25) is 0 Å². The van der Waals surface area contributed by atoms with Crippen molar-refractivity contribution in [2.45, 2.75) is 77.4 Å². The Morgan fingerprint density at radius 3 is 2.46 bits per heavy atom. The number of rotatable bonds is 2. The molecule has 1 saturated heterocycles. The van der Waals surface area contributed by atoms with Crippen LogP contribution in [0.5, 0.6) is 5.75 Å². The molecule has 28 heavy (non-hydrogen) atoms. The van der Waals surface area contributed by atoms with E-state index >= 15 is 0 Å². The van der Waals surface area contributed by atoms with Crippen molar-refractivity contribution in [2.75, 3.05) is 7.05 Å². The predicted molar refractivity (Wildman–Crippen MR) is 111 cm³/mol. The van der Waals surface area contributed by atoms with Crippen LogP contribution in [-0.4, -0.2) is 30.0 Å². The number of nitrogens with zero attached hydrogens (tertiary/aromatic N) is 1. The van der Waals surface area contributed by atoms with Crippen LogP contribution in [-0.2, 0) is 4.79 Å². The molecule has 4 aliphatic rings. The highest BCUT2D eigenvalue weighted by atomic mass is 16.5. The van der Waals surface area contributed by atoms with Crippen LogP contribution in [0, 0.1) is 28.6 Å². The summed E-state index contributed by atoms with van der Waals surface area (Å²) in [6, 6.07) is 10.9. The van der Waals surface area contributed by atoms with Crippen LogP contribution in [0.1, 0.15) is 65.2 Å². The highest BCUT2D eigenvalue weighted by molar-refractivity contribution is 5.77. The van der Waals surface area contributed by atoms with Gasteiger partial charge in [-0.15, -0.1) is 0 Å². The number of fused-ring (bicyclic) bond motifs is 5. The van der Waals surface area contributed by atoms with E-state index in [0.29, 0.717) is 28.9 Å². The Balaban J connectivity index is 1.39. The fraction of sp³-hybridized carbons (Fsp3) is 0.720. The van der Waals surface area contributed by atoms with E-state index in [4.69, 9.17) is 4.74 Å². The van der Waals surface area contributed by atoms with Crippen LogP contribution in [0.4, 0.5) is 0 Å². The average molecular weight is 382 g/mol. The smallest absolute Gasteiger partial charge is 0.222 e. The molecule has 1 aliphatic heterocycles. The maximum Gasteiger partial charge on any atom is 0.222 e. The fourth-order valence-corrected chi connectivity index (χ4v) is 7.96. The van der Waals surface area contributed by atoms with E-state index in [1.54, 1.807) is 0 Å². The first-order valence-electron chi connectivity index (χ1n) is 11.4. The van der Waals surface area contributed by atoms with Crippen LogP contribution in [0.3, 0.4) is 0 Å². The number of amides is 1. The van der Waals surface area contributed by atoms with Crippen molar-refractivity contribution in [1.82, 2.24) is 4.90 Å². The SMILES string of the molecule is CN1C(=O)CC[C@@]2(C)C1CC[C@@H]1[C@H]2CC[C@]2(C)C(Oc3ccccc3)CC[C@@H]12. The van der Waals surface area contributed by atoms with Crippen molar-refractivity contribution in [1.29, 1.82) is 0 Å². The van der Waals surface area contributed by atoms with Crippen LogP contribution in [0.15, 0.2) is 30.3 Å². The van der Waals surface area contributed by atoms with Crippen LogP contribution in [0.25, 0.3) is 0 Å². The van der Waals surface area contributed by atoms with Gasteiger partial charge in [0.2, 0.25) is 5.91 Å². The first kappa shape index (κ1) is 18.5. The van der Waals surface area contributed by atoms with Gasteiger partial charge in [-0.25, -0.2) is 0 Å². The maximum atomic E-state index is 12.3. The Morgan fingerprint density at radius 1 is 0.929 bits per heavy atom. The number of benzene rings is 1. The third kappa shape index (κ3) is 2.57. The second-order valence-electron chi connectivity index (χ2n) is 10.5. The van der Waals surface area contributed by atoms with Gasteiger partial charge < -0.3 is 9.64 Å². The van der Waals surface area contributed by atoms with E-state index in [0.717, 1.165) is 36.3 Å². The van der Waals surface area contributed by atoms with Crippen molar-refractivity contribution < 1.29 is 9.53 Å². The molecule has 1 aromatic carbocycles. The number of ether oxygens (including phenoxy) is 1. The van der Waals surface area contributed by atoms with Gasteiger partial charge in [0.05, 0.1) is 0 Å². The molecule has 5 rings (SSSR count). The summed E-state index contributed by atoms with van der Waals surface area (Å²) in [6.45, 7) is 5.02. The van der Waals surface area contributed by atoms with Gasteiger partial charge in [0.1, 0.15) is 11.9 Å². The molecule has 3 aliphatic carbocycles. The van der Waals surface area contributed by atoms with E-state index in [1.807, 2.05) is 0 Å². The molecule has 0 spiro atoms. The van der Waals surface area contributed by atoms with Crippen molar-refractivity contribution in [3.8, 4) is 5.75 Å². The third-order valence-corrected chi connectivity index (χ3v) is 9.49. The van der Waals surface area contributed by atoms with E-state index in [2.05, 4.69) is 56.1 Å². The zero-order chi connectivity index (χ0) is 19.5. The Morgan fingerprint density at radius 2 is 1.68 bits per heavy atom. The number of carbonyl (C=O) groups excluding carboxylic acids is 1. The van der Waals surface area contributed by atoms with Gasteiger partial charge in [0, 0.05) is 24.9 Å². The monoisotopic (exact) mass is 381 g/mol. The number of likely N-dealkylation sites (tertiary alicyclic amines) is 1. The molecular formula is C25H35NO2. The molecule has 1 aromatic rings. The van der Waals surface area contributed by atoms with E-state index < -0.39 is 0 Å². The van der Waals surface area contributed by atoms with Crippen molar-refractivity contribution >= 4 is 5.91 Å². The Kier molecular flexibility index (Phi) is 4.30. The van der Waals surface area contributed by atoms with Crippen LogP contribution < -0.4 is 4.74 Å². The normalized spacial score (nSPS) is 45.2. The summed E-state index contributed by atoms with van der Waals surface area (Å²) in [5.74, 6) is 3.75. The lowest BCUT2D eigenvalue weighted by Gasteiger charge is -2.61. The topological polar surface area (TPSA) is 29.5 Å². The van der Waals surface area contributed by atoms with E-state index in [9.17, 15) is 4.79 Å². The molecule has 1 amide bonds. The minimum atomic E-state index is 0.302. The zero-order valence-electron chi connectivity index (χ0n) is 17.7. The number of carbonyl (C=O) groups is 1. The number of hydrogen-bond donors (Lipinski definition) is 0. The Bertz CT molecular complexity index is 748. The van der Waals surface area contributed by atoms with Gasteiger partial charge >= 0.3 is 0 Å². The molecule has 2 unspecified atom stereocenters. The molecule has 0 N–H and O–H groups in total. The first-order valence-corrected chi connectivity index (χ1v) is 11.4. The van der Waals surface area contributed by atoms with Crippen LogP contribution >= 0.6 is 0 Å². The molecule has 3 saturated carbocycles. The molecule has 0 radical (unpaired) electrons. The predicted octanol–water partition coefficient (Wildman–Crippen LogP) is 5.30. The van der Waals surface area contributed by atoms with Crippen molar-refractivity contribution in [3.05, 3.63) is 30.3 Å². The highest BCUT2D eigenvalue weighted by Gasteiger charge is 2.61. The van der Waals surface area contributed by atoms with Gasteiger partial charge in [0.25, 0.3) is 0 Å². The highest BCUT2D eigenvalue weighted by Crippen LogP contribution is 2.65. The second kappa shape index (κ2) is 6.50. The standard InChI is InChI=1S/C25H35NO2/c1-24-16-14-23(27)26(3)21(24)11-9-18-19-10-12-22(25(19,2)15-13-20(18)24)28-17-7-5-4-6-8-17/h4-8,18-22H,9-16H2,1-3H3/t18-,19-,20+,21?,22?,24+,25-/m0/s1. The van der Waals surface area contributed by atoms with Gasteiger partial charge in [-0.05, 0) is 80.2 Å². The van der Waals surface area contributed by atoms with E-state index in [1.165, 1.54) is 38.5 Å². The van der Waals surface area contributed by atoms with Gasteiger partial charge in [0.15, 0.2) is 0 Å². The third-order valence-electron chi connectivity index (χ3n) is 9.49. The summed E-state index contributed by atoms with van der Waals surface area (Å²) in [5, 5.41) is 0. The quantitative estimate of drug-likeness (QED) is 0.696. The van der Waals surface area contributed by atoms with Gasteiger partial charge in [-0.1, -0.05) is 32.0 Å². The molecule has 3 nitrogen and oxygen atoms in total. The minimum absolute atomic E-state index is 0.302. The summed E-state index contributed by atoms with van der Waals surface area (Å²) < 4.78 is 6.54. The van der Waals surface area contributed by atoms with Crippen molar-refractivity contribution in [2.24, 2.45) is 28.6 Å². The molecule has 4 fully saturated rings. The minimum Gasteiger partial charge on any atom is -0.490 e. The van der Waals surface area contributed by atoms with Gasteiger partial charge in [-0.2, -0.15) is 0 Å². The second-order valence-corrected chi connectivity index (χ2v) is 10.5. The molecule has 7 atom stereocenters. The lowest BCUT2D eigenvalue weighted by Crippen LogP contribution is -2.61. The van der Waals surface area contributed by atoms with Gasteiger partial charge in [-0.3, -0.25) is 4.79 Å². The number of hydrogen-bond acceptors (Lipinski definition) is 2. The zero-order valence-corrected chi connectivity index (χ0v) is 17.7. The summed E-state index contributed by atoms with van der Waals surface area (Å²) in [7, 11) is 2.05. The fourth-order valence-electron chi connectivity index (χ4n) is 7.96. The molecule has 3 heteroatoms.